The molecule has 0 aromatic heterocycles. The Kier molecular flexibility index (Phi) is 4.26. The van der Waals surface area contributed by atoms with E-state index in [1.165, 1.54) is 0 Å². The number of ketones is 1. The van der Waals surface area contributed by atoms with Gasteiger partial charge >= 0.3 is 0 Å². The van der Waals surface area contributed by atoms with Crippen LogP contribution in [0.2, 0.25) is 0 Å². The molecule has 0 N–H and O–H groups in total. The van der Waals surface area contributed by atoms with Crippen molar-refractivity contribution in [3.63, 3.8) is 0 Å². The minimum absolute atomic E-state index is 0.244. The summed E-state index contributed by atoms with van der Waals surface area (Å²) in [5.41, 5.74) is 1.02. The maximum absolute atomic E-state index is 14.2. The fourth-order valence-electron chi connectivity index (χ4n) is 1.70. The molecule has 2 aromatic rings. The lowest BCUT2D eigenvalue weighted by Gasteiger charge is -2.14. The Balaban J connectivity index is 2.17. The lowest BCUT2D eigenvalue weighted by molar-refractivity contribution is 0.0960. The van der Waals surface area contributed by atoms with Gasteiger partial charge in [0, 0.05) is 5.56 Å². The van der Waals surface area contributed by atoms with Crippen LogP contribution in [0.25, 0.3) is 0 Å². The van der Waals surface area contributed by atoms with E-state index in [2.05, 4.69) is 15.9 Å². The number of hydrogen-bond donors (Lipinski definition) is 0. The zero-order valence-electron chi connectivity index (χ0n) is 9.59. The normalized spacial score (nSPS) is 13.9. The molecule has 0 aliphatic rings. The largest absolute Gasteiger partial charge is 0.293 e. The number of alkyl halides is 2. The second-order valence-corrected chi connectivity index (χ2v) is 4.93. The molecule has 0 amide bonds. The summed E-state index contributed by atoms with van der Waals surface area (Å²) in [6.07, 6.45) is -1.35. The molecule has 0 saturated heterocycles. The van der Waals surface area contributed by atoms with Crippen molar-refractivity contribution in [2.45, 2.75) is 11.0 Å². The maximum Gasteiger partial charge on any atom is 0.179 e. The molecular weight excluding hydrogens is 295 g/mol. The Hall–Kier alpha value is -1.48. The van der Waals surface area contributed by atoms with Crippen LogP contribution in [0.15, 0.2) is 60.7 Å². The minimum Gasteiger partial charge on any atom is -0.293 e. The van der Waals surface area contributed by atoms with E-state index < -0.39 is 11.0 Å². The second kappa shape index (κ2) is 5.91. The van der Waals surface area contributed by atoms with Gasteiger partial charge in [0.05, 0.1) is 0 Å². The van der Waals surface area contributed by atoms with Gasteiger partial charge in [-0.05, 0) is 5.56 Å². The minimum atomic E-state index is -1.35. The number of Topliss-reactive ketones (excluding diaryl/α,β-unsaturated/α-hetero) is 1. The number of carbonyl (C=O) groups excluding carboxylic acids is 1. The van der Waals surface area contributed by atoms with Gasteiger partial charge in [-0.3, -0.25) is 4.79 Å². The van der Waals surface area contributed by atoms with Crippen LogP contribution in [0.5, 0.6) is 0 Å². The molecule has 0 radical (unpaired) electrons. The first-order chi connectivity index (χ1) is 8.70. The average Bonchev–Trinajstić information content (AvgIpc) is 2.47. The molecule has 0 aliphatic heterocycles. The third-order valence-electron chi connectivity index (χ3n) is 2.68. The fraction of sp³-hybridized carbons (Fsp3) is 0.133. The van der Waals surface area contributed by atoms with Crippen molar-refractivity contribution >= 4 is 21.7 Å². The van der Waals surface area contributed by atoms with Crippen LogP contribution < -0.4 is 0 Å². The third-order valence-corrected chi connectivity index (χ3v) is 3.56. The molecule has 3 heteroatoms. The zero-order valence-corrected chi connectivity index (χ0v) is 11.2. The van der Waals surface area contributed by atoms with E-state index in [-0.39, 0.29) is 5.78 Å². The van der Waals surface area contributed by atoms with Gasteiger partial charge in [-0.25, -0.2) is 4.39 Å². The number of hydrogen-bond acceptors (Lipinski definition) is 1. The van der Waals surface area contributed by atoms with E-state index in [4.69, 9.17) is 0 Å². The summed E-state index contributed by atoms with van der Waals surface area (Å²) >= 11 is 3.16. The zero-order chi connectivity index (χ0) is 13.0. The molecule has 92 valence electrons. The van der Waals surface area contributed by atoms with Gasteiger partial charge in [-0.2, -0.15) is 0 Å². The molecule has 0 bridgehead atoms. The Morgan fingerprint density at radius 1 is 0.944 bits per heavy atom. The van der Waals surface area contributed by atoms with Crippen molar-refractivity contribution < 1.29 is 9.18 Å². The first-order valence-electron chi connectivity index (χ1n) is 5.62. The van der Waals surface area contributed by atoms with Crippen LogP contribution in [0.3, 0.4) is 0 Å². The summed E-state index contributed by atoms with van der Waals surface area (Å²) in [7, 11) is 0. The van der Waals surface area contributed by atoms with Gasteiger partial charge in [0.1, 0.15) is 11.0 Å². The van der Waals surface area contributed by atoms with Crippen molar-refractivity contribution in [3.05, 3.63) is 71.8 Å². The van der Waals surface area contributed by atoms with Crippen LogP contribution in [0.1, 0.15) is 22.1 Å². The predicted octanol–water partition coefficient (Wildman–Crippen LogP) is 4.34. The van der Waals surface area contributed by atoms with Crippen molar-refractivity contribution in [3.8, 4) is 0 Å². The summed E-state index contributed by atoms with van der Waals surface area (Å²) in [6, 6.07) is 17.4. The van der Waals surface area contributed by atoms with Crippen LogP contribution in [-0.2, 0) is 0 Å². The Morgan fingerprint density at radius 3 is 2.00 bits per heavy atom. The molecule has 0 aliphatic carbocycles. The first kappa shape index (κ1) is 13.0. The van der Waals surface area contributed by atoms with Gasteiger partial charge in [0.15, 0.2) is 5.78 Å². The highest BCUT2D eigenvalue weighted by atomic mass is 79.9. The van der Waals surface area contributed by atoms with E-state index >= 15 is 0 Å². The van der Waals surface area contributed by atoms with Crippen LogP contribution in [0, 0.1) is 0 Å². The Bertz CT molecular complexity index is 513. The molecule has 0 unspecified atom stereocenters. The van der Waals surface area contributed by atoms with E-state index in [0.717, 1.165) is 0 Å². The van der Waals surface area contributed by atoms with E-state index in [1.807, 2.05) is 12.1 Å². The van der Waals surface area contributed by atoms with Gasteiger partial charge in [0.25, 0.3) is 0 Å². The Morgan fingerprint density at radius 2 is 1.44 bits per heavy atom. The summed E-state index contributed by atoms with van der Waals surface area (Å²) < 4.78 is 14.2. The molecule has 0 fully saturated rings. The number of carbonyl (C=O) groups is 1. The number of halogens is 2. The van der Waals surface area contributed by atoms with Crippen molar-refractivity contribution in [1.82, 2.24) is 0 Å². The quantitative estimate of drug-likeness (QED) is 0.606. The number of rotatable bonds is 4. The Labute approximate surface area is 114 Å². The highest BCUT2D eigenvalue weighted by Gasteiger charge is 2.27. The predicted molar refractivity (Wildman–Crippen MR) is 73.8 cm³/mol. The second-order valence-electron chi connectivity index (χ2n) is 3.94. The van der Waals surface area contributed by atoms with Gasteiger partial charge in [-0.1, -0.05) is 76.6 Å². The smallest absolute Gasteiger partial charge is 0.179 e. The van der Waals surface area contributed by atoms with Crippen molar-refractivity contribution in [2.24, 2.45) is 0 Å². The highest BCUT2D eigenvalue weighted by Crippen LogP contribution is 2.28. The fourth-order valence-corrected chi connectivity index (χ4v) is 2.27. The van der Waals surface area contributed by atoms with Crippen LogP contribution in [-0.4, -0.2) is 10.6 Å². The molecular formula is C15H12BrFO. The lowest BCUT2D eigenvalue weighted by atomic mass is 10.0. The van der Waals surface area contributed by atoms with E-state index in [0.29, 0.717) is 11.1 Å². The molecule has 0 heterocycles. The molecule has 2 aromatic carbocycles. The highest BCUT2D eigenvalue weighted by molar-refractivity contribution is 9.10. The standard InChI is InChI=1S/C15H12BrFO/c16-13(14(17)11-7-3-1-4-8-11)15(18)12-9-5-2-6-10-12/h1-10,13-14H/t13-,14-/m0/s1. The summed E-state index contributed by atoms with van der Waals surface area (Å²) in [6.45, 7) is 0. The lowest BCUT2D eigenvalue weighted by Crippen LogP contribution is -2.19. The monoisotopic (exact) mass is 306 g/mol. The molecule has 2 atom stereocenters. The third kappa shape index (κ3) is 2.85. The van der Waals surface area contributed by atoms with Crippen LogP contribution in [0.4, 0.5) is 4.39 Å². The van der Waals surface area contributed by atoms with Gasteiger partial charge < -0.3 is 0 Å². The number of benzene rings is 2. The summed E-state index contributed by atoms with van der Waals surface area (Å²) in [5, 5.41) is 0. The molecule has 0 saturated carbocycles. The molecule has 1 nitrogen and oxygen atoms in total. The SMILES string of the molecule is O=C(c1ccccc1)[C@@H](Br)[C@@H](F)c1ccccc1. The van der Waals surface area contributed by atoms with E-state index in [1.54, 1.807) is 48.5 Å². The first-order valence-corrected chi connectivity index (χ1v) is 6.54. The van der Waals surface area contributed by atoms with Gasteiger partial charge in [0.2, 0.25) is 0 Å². The van der Waals surface area contributed by atoms with Crippen LogP contribution >= 0.6 is 15.9 Å². The molecule has 0 spiro atoms. The van der Waals surface area contributed by atoms with E-state index in [9.17, 15) is 9.18 Å². The van der Waals surface area contributed by atoms with Crippen molar-refractivity contribution in [1.29, 1.82) is 0 Å². The summed E-state index contributed by atoms with van der Waals surface area (Å²) in [4.78, 5) is 11.2. The van der Waals surface area contributed by atoms with Crippen molar-refractivity contribution in [2.75, 3.05) is 0 Å². The molecule has 18 heavy (non-hydrogen) atoms. The van der Waals surface area contributed by atoms with Gasteiger partial charge in [-0.15, -0.1) is 0 Å². The average molecular weight is 307 g/mol. The molecule has 2 rings (SSSR count). The topological polar surface area (TPSA) is 17.1 Å². The maximum atomic E-state index is 14.2. The summed E-state index contributed by atoms with van der Waals surface area (Å²) in [5.74, 6) is -0.244.